The van der Waals surface area contributed by atoms with E-state index >= 15 is 0 Å². The van der Waals surface area contributed by atoms with E-state index in [-0.39, 0.29) is 6.04 Å². The molecule has 1 saturated heterocycles. The minimum atomic E-state index is -3.45. The number of H-pyrrole nitrogens is 1. The van der Waals surface area contributed by atoms with E-state index in [1.54, 1.807) is 11.2 Å². The fraction of sp³-hybridized carbons (Fsp3) is 0.769. The molecule has 1 unspecified atom stereocenters. The smallest absolute Gasteiger partial charge is 0.246 e. The molecule has 0 bridgehead atoms. The van der Waals surface area contributed by atoms with Crippen molar-refractivity contribution in [2.24, 2.45) is 0 Å². The first-order valence-corrected chi connectivity index (χ1v) is 8.73. The van der Waals surface area contributed by atoms with Gasteiger partial charge in [0.05, 0.1) is 11.9 Å². The Kier molecular flexibility index (Phi) is 5.17. The Labute approximate surface area is 121 Å². The van der Waals surface area contributed by atoms with Gasteiger partial charge in [-0.25, -0.2) is 8.42 Å². The second-order valence-electron chi connectivity index (χ2n) is 5.37. The number of sulfonamides is 1. The molecule has 1 aliphatic heterocycles. The minimum Gasteiger partial charge on any atom is -0.313 e. The van der Waals surface area contributed by atoms with Gasteiger partial charge in [-0.1, -0.05) is 13.3 Å². The number of aromatic amines is 1. The normalized spacial score (nSPS) is 20.4. The predicted molar refractivity (Wildman–Crippen MR) is 78.0 cm³/mol. The molecular formula is C13H24N4O2S. The molecule has 6 nitrogen and oxygen atoms in total. The van der Waals surface area contributed by atoms with Crippen LogP contribution in [-0.2, 0) is 10.0 Å². The maximum absolute atomic E-state index is 12.7. The van der Waals surface area contributed by atoms with Gasteiger partial charge in [-0.15, -0.1) is 0 Å². The summed E-state index contributed by atoms with van der Waals surface area (Å²) in [6.45, 7) is 5.81. The highest BCUT2D eigenvalue weighted by molar-refractivity contribution is 7.89. The van der Waals surface area contributed by atoms with Gasteiger partial charge in [0.15, 0.2) is 0 Å². The molecule has 1 aliphatic rings. The molecule has 2 N–H and O–H groups in total. The van der Waals surface area contributed by atoms with Gasteiger partial charge >= 0.3 is 0 Å². The molecule has 2 heterocycles. The van der Waals surface area contributed by atoms with Crippen LogP contribution in [-0.4, -0.2) is 48.6 Å². The highest BCUT2D eigenvalue weighted by atomic mass is 32.2. The minimum absolute atomic E-state index is 0.261. The Morgan fingerprint density at radius 2 is 2.25 bits per heavy atom. The van der Waals surface area contributed by atoms with Crippen LogP contribution in [0.3, 0.4) is 0 Å². The number of hydrogen-bond donors (Lipinski definition) is 2. The average molecular weight is 300 g/mol. The highest BCUT2D eigenvalue weighted by Crippen LogP contribution is 2.19. The molecule has 0 radical (unpaired) electrons. The van der Waals surface area contributed by atoms with Gasteiger partial charge in [0, 0.05) is 19.1 Å². The van der Waals surface area contributed by atoms with Crippen molar-refractivity contribution in [2.75, 3.05) is 19.6 Å². The van der Waals surface area contributed by atoms with Gasteiger partial charge in [-0.2, -0.15) is 9.40 Å². The fourth-order valence-corrected chi connectivity index (χ4v) is 4.32. The Bertz CT molecular complexity index is 520. The van der Waals surface area contributed by atoms with Crippen molar-refractivity contribution in [1.82, 2.24) is 19.8 Å². The fourth-order valence-electron chi connectivity index (χ4n) is 2.62. The number of aryl methyl sites for hydroxylation is 1. The molecule has 0 spiro atoms. The highest BCUT2D eigenvalue weighted by Gasteiger charge is 2.29. The van der Waals surface area contributed by atoms with Crippen LogP contribution in [0.2, 0.25) is 0 Å². The number of rotatable bonds is 6. The summed E-state index contributed by atoms with van der Waals surface area (Å²) >= 11 is 0. The Morgan fingerprint density at radius 3 is 2.80 bits per heavy atom. The molecule has 1 aromatic rings. The van der Waals surface area contributed by atoms with Crippen molar-refractivity contribution >= 4 is 10.0 Å². The van der Waals surface area contributed by atoms with E-state index in [9.17, 15) is 8.42 Å². The molecule has 0 aromatic carbocycles. The summed E-state index contributed by atoms with van der Waals surface area (Å²) in [6.07, 6.45) is 5.60. The van der Waals surface area contributed by atoms with Gasteiger partial charge in [0.25, 0.3) is 0 Å². The number of piperidine rings is 1. The van der Waals surface area contributed by atoms with Crippen molar-refractivity contribution in [2.45, 2.75) is 50.5 Å². The maximum atomic E-state index is 12.7. The molecule has 0 aliphatic carbocycles. The number of aromatic nitrogens is 2. The Hall–Kier alpha value is -0.920. The van der Waals surface area contributed by atoms with Crippen molar-refractivity contribution in [3.63, 3.8) is 0 Å². The summed E-state index contributed by atoms with van der Waals surface area (Å²) < 4.78 is 27.0. The quantitative estimate of drug-likeness (QED) is 0.829. The summed E-state index contributed by atoms with van der Waals surface area (Å²) in [5, 5.41) is 9.95. The van der Waals surface area contributed by atoms with Gasteiger partial charge in [0.2, 0.25) is 10.0 Å². The van der Waals surface area contributed by atoms with Crippen molar-refractivity contribution in [3.8, 4) is 0 Å². The average Bonchev–Trinajstić information content (AvgIpc) is 2.86. The second-order valence-corrected chi connectivity index (χ2v) is 7.28. The second kappa shape index (κ2) is 6.69. The van der Waals surface area contributed by atoms with Crippen LogP contribution in [0.25, 0.3) is 0 Å². The van der Waals surface area contributed by atoms with E-state index in [1.165, 1.54) is 19.0 Å². The van der Waals surface area contributed by atoms with Crippen LogP contribution in [0, 0.1) is 6.92 Å². The predicted octanol–water partition coefficient (Wildman–Crippen LogP) is 1.26. The number of nitrogens with one attached hydrogen (secondary N) is 2. The van der Waals surface area contributed by atoms with Crippen LogP contribution < -0.4 is 5.32 Å². The van der Waals surface area contributed by atoms with E-state index in [0.29, 0.717) is 23.7 Å². The first-order chi connectivity index (χ1) is 9.55. The first-order valence-electron chi connectivity index (χ1n) is 7.29. The molecule has 1 atom stereocenters. The lowest BCUT2D eigenvalue weighted by Crippen LogP contribution is -2.46. The summed E-state index contributed by atoms with van der Waals surface area (Å²) in [5.74, 6) is 0. The SMILES string of the molecule is CCCN(CC1CCCCN1)S(=O)(=O)c1cn[nH]c1C. The summed E-state index contributed by atoms with van der Waals surface area (Å²) in [6, 6.07) is 0.261. The van der Waals surface area contributed by atoms with E-state index < -0.39 is 10.0 Å². The molecule has 1 fully saturated rings. The standard InChI is InChI=1S/C13H24N4O2S/c1-3-8-17(10-12-6-4-5-7-14-12)20(18,19)13-9-15-16-11(13)2/h9,12,14H,3-8,10H2,1-2H3,(H,15,16). The Morgan fingerprint density at radius 1 is 1.45 bits per heavy atom. The lowest BCUT2D eigenvalue weighted by molar-refractivity contribution is 0.312. The van der Waals surface area contributed by atoms with Crippen LogP contribution in [0.4, 0.5) is 0 Å². The van der Waals surface area contributed by atoms with Gasteiger partial charge in [-0.3, -0.25) is 5.10 Å². The van der Waals surface area contributed by atoms with Gasteiger partial charge < -0.3 is 5.32 Å². The molecule has 1 aromatic heterocycles. The molecule has 0 amide bonds. The first kappa shape index (κ1) is 15.5. The van der Waals surface area contributed by atoms with Crippen molar-refractivity contribution < 1.29 is 8.42 Å². The van der Waals surface area contributed by atoms with Crippen LogP contribution in [0.5, 0.6) is 0 Å². The molecule has 7 heteroatoms. The third-order valence-electron chi connectivity index (χ3n) is 3.71. The molecule has 0 saturated carbocycles. The summed E-state index contributed by atoms with van der Waals surface area (Å²) in [5.41, 5.74) is 0.600. The monoisotopic (exact) mass is 300 g/mol. The largest absolute Gasteiger partial charge is 0.313 e. The third kappa shape index (κ3) is 3.39. The lowest BCUT2D eigenvalue weighted by atomic mass is 10.1. The van der Waals surface area contributed by atoms with Crippen molar-refractivity contribution in [3.05, 3.63) is 11.9 Å². The molecule has 2 rings (SSSR count). The van der Waals surface area contributed by atoms with E-state index in [4.69, 9.17) is 0 Å². The zero-order valence-electron chi connectivity index (χ0n) is 12.2. The van der Waals surface area contributed by atoms with Crippen LogP contribution >= 0.6 is 0 Å². The van der Waals surface area contributed by atoms with Crippen LogP contribution in [0.15, 0.2) is 11.1 Å². The summed E-state index contributed by atoms with van der Waals surface area (Å²) in [4.78, 5) is 0.293. The lowest BCUT2D eigenvalue weighted by Gasteiger charge is -2.29. The van der Waals surface area contributed by atoms with Gasteiger partial charge in [0.1, 0.15) is 4.90 Å². The number of nitrogens with zero attached hydrogens (tertiary/aromatic N) is 2. The zero-order valence-corrected chi connectivity index (χ0v) is 13.0. The van der Waals surface area contributed by atoms with E-state index in [0.717, 1.165) is 19.4 Å². The van der Waals surface area contributed by atoms with E-state index in [2.05, 4.69) is 15.5 Å². The molecular weight excluding hydrogens is 276 g/mol. The molecule has 114 valence electrons. The zero-order chi connectivity index (χ0) is 14.6. The van der Waals surface area contributed by atoms with E-state index in [1.807, 2.05) is 6.92 Å². The van der Waals surface area contributed by atoms with Crippen LogP contribution in [0.1, 0.15) is 38.3 Å². The van der Waals surface area contributed by atoms with Crippen molar-refractivity contribution in [1.29, 1.82) is 0 Å². The topological polar surface area (TPSA) is 78.1 Å². The maximum Gasteiger partial charge on any atom is 0.246 e. The summed E-state index contributed by atoms with van der Waals surface area (Å²) in [7, 11) is -3.45. The van der Waals surface area contributed by atoms with Gasteiger partial charge in [-0.05, 0) is 32.7 Å². The number of hydrogen-bond acceptors (Lipinski definition) is 4. The Balaban J connectivity index is 2.16. The third-order valence-corrected chi connectivity index (χ3v) is 5.69. The molecule has 20 heavy (non-hydrogen) atoms.